The van der Waals surface area contributed by atoms with Crippen LogP contribution in [-0.2, 0) is 4.79 Å². The number of hydrogen-bond acceptors (Lipinski definition) is 4. The van der Waals surface area contributed by atoms with Crippen LogP contribution in [0.4, 0.5) is 0 Å². The number of methoxy groups -OCH3 is 2. The quantitative estimate of drug-likeness (QED) is 0.854. The molecule has 1 aliphatic heterocycles. The van der Waals surface area contributed by atoms with E-state index >= 15 is 0 Å². The van der Waals surface area contributed by atoms with Gasteiger partial charge in [-0.1, -0.05) is 24.3 Å². The molecule has 5 nitrogen and oxygen atoms in total. The van der Waals surface area contributed by atoms with Gasteiger partial charge in [-0.25, -0.2) is 5.01 Å². The molecule has 3 rings (SSSR count). The zero-order chi connectivity index (χ0) is 18.0. The van der Waals surface area contributed by atoms with Crippen LogP contribution in [0.3, 0.4) is 0 Å². The van der Waals surface area contributed by atoms with Crippen molar-refractivity contribution in [3.05, 3.63) is 59.2 Å². The fourth-order valence-electron chi connectivity index (χ4n) is 3.20. The van der Waals surface area contributed by atoms with E-state index in [0.717, 1.165) is 28.2 Å². The second-order valence-electron chi connectivity index (χ2n) is 6.05. The standard InChI is InChI=1S/C20H22N2O3/c1-13-7-5-6-8-16(13)19-12-18(21-22(19)14(2)23)17-10-9-15(24-3)11-20(17)25-4/h5-11,19H,12H2,1-4H3. The summed E-state index contributed by atoms with van der Waals surface area (Å²) in [6.45, 7) is 3.60. The van der Waals surface area contributed by atoms with Crippen LogP contribution in [0.25, 0.3) is 0 Å². The summed E-state index contributed by atoms with van der Waals surface area (Å²) in [5.41, 5.74) is 3.98. The number of ether oxygens (including phenoxy) is 2. The molecule has 25 heavy (non-hydrogen) atoms. The Morgan fingerprint density at radius 2 is 1.92 bits per heavy atom. The van der Waals surface area contributed by atoms with Gasteiger partial charge in [0.1, 0.15) is 11.5 Å². The van der Waals surface area contributed by atoms with Gasteiger partial charge in [0.05, 0.1) is 26.0 Å². The van der Waals surface area contributed by atoms with Crippen LogP contribution < -0.4 is 9.47 Å². The number of aryl methyl sites for hydroxylation is 1. The van der Waals surface area contributed by atoms with Crippen molar-refractivity contribution >= 4 is 11.6 Å². The molecule has 5 heteroatoms. The maximum absolute atomic E-state index is 12.1. The Bertz CT molecular complexity index is 829. The van der Waals surface area contributed by atoms with Gasteiger partial charge in [-0.2, -0.15) is 5.10 Å². The first kappa shape index (κ1) is 17.0. The van der Waals surface area contributed by atoms with Crippen LogP contribution in [-0.4, -0.2) is 30.8 Å². The van der Waals surface area contributed by atoms with Gasteiger partial charge >= 0.3 is 0 Å². The summed E-state index contributed by atoms with van der Waals surface area (Å²) < 4.78 is 10.8. The number of benzene rings is 2. The van der Waals surface area contributed by atoms with Crippen molar-refractivity contribution in [1.82, 2.24) is 5.01 Å². The van der Waals surface area contributed by atoms with E-state index in [9.17, 15) is 4.79 Å². The molecule has 1 unspecified atom stereocenters. The molecule has 0 spiro atoms. The minimum absolute atomic E-state index is 0.0734. The Morgan fingerprint density at radius 1 is 1.16 bits per heavy atom. The lowest BCUT2D eigenvalue weighted by atomic mass is 9.95. The molecule has 1 heterocycles. The van der Waals surface area contributed by atoms with Crippen molar-refractivity contribution in [1.29, 1.82) is 0 Å². The molecule has 1 amide bonds. The number of hydrazone groups is 1. The summed E-state index contributed by atoms with van der Waals surface area (Å²) in [5.74, 6) is 1.33. The molecule has 2 aromatic rings. The molecular weight excluding hydrogens is 316 g/mol. The lowest BCUT2D eigenvalue weighted by Crippen LogP contribution is -2.24. The van der Waals surface area contributed by atoms with Crippen LogP contribution >= 0.6 is 0 Å². The Hall–Kier alpha value is -2.82. The second kappa shape index (κ2) is 6.97. The van der Waals surface area contributed by atoms with Gasteiger partial charge in [0.15, 0.2) is 0 Å². The highest BCUT2D eigenvalue weighted by Crippen LogP contribution is 2.37. The molecule has 0 aliphatic carbocycles. The van der Waals surface area contributed by atoms with Crippen molar-refractivity contribution in [2.45, 2.75) is 26.3 Å². The Morgan fingerprint density at radius 3 is 2.56 bits per heavy atom. The normalized spacial score (nSPS) is 16.6. The first-order valence-corrected chi connectivity index (χ1v) is 8.20. The van der Waals surface area contributed by atoms with E-state index in [1.165, 1.54) is 0 Å². The summed E-state index contributed by atoms with van der Waals surface area (Å²) >= 11 is 0. The molecule has 0 aromatic heterocycles. The third-order valence-corrected chi connectivity index (χ3v) is 4.50. The van der Waals surface area contributed by atoms with E-state index in [4.69, 9.17) is 9.47 Å². The average molecular weight is 338 g/mol. The smallest absolute Gasteiger partial charge is 0.240 e. The summed E-state index contributed by atoms with van der Waals surface area (Å²) in [5, 5.41) is 6.17. The Balaban J connectivity index is 2.01. The van der Waals surface area contributed by atoms with E-state index in [2.05, 4.69) is 24.2 Å². The van der Waals surface area contributed by atoms with Crippen LogP contribution in [0, 0.1) is 6.92 Å². The van der Waals surface area contributed by atoms with Crippen molar-refractivity contribution in [3.8, 4) is 11.5 Å². The molecule has 1 atom stereocenters. The first-order valence-electron chi connectivity index (χ1n) is 8.20. The largest absolute Gasteiger partial charge is 0.497 e. The van der Waals surface area contributed by atoms with Crippen LogP contribution in [0.2, 0.25) is 0 Å². The van der Waals surface area contributed by atoms with Gasteiger partial charge in [0, 0.05) is 25.0 Å². The highest BCUT2D eigenvalue weighted by Gasteiger charge is 2.33. The molecular formula is C20H22N2O3. The minimum atomic E-state index is -0.0968. The average Bonchev–Trinajstić information content (AvgIpc) is 3.06. The monoisotopic (exact) mass is 338 g/mol. The Kier molecular flexibility index (Phi) is 4.74. The zero-order valence-corrected chi connectivity index (χ0v) is 14.9. The molecule has 0 N–H and O–H groups in total. The molecule has 0 saturated heterocycles. The minimum Gasteiger partial charge on any atom is -0.497 e. The highest BCUT2D eigenvalue weighted by molar-refractivity contribution is 6.05. The van der Waals surface area contributed by atoms with Gasteiger partial charge in [-0.15, -0.1) is 0 Å². The predicted molar refractivity (Wildman–Crippen MR) is 97.1 cm³/mol. The van der Waals surface area contributed by atoms with E-state index in [-0.39, 0.29) is 11.9 Å². The molecule has 2 aromatic carbocycles. The van der Waals surface area contributed by atoms with Crippen molar-refractivity contribution in [2.24, 2.45) is 5.10 Å². The van der Waals surface area contributed by atoms with E-state index < -0.39 is 0 Å². The van der Waals surface area contributed by atoms with Gasteiger partial charge < -0.3 is 9.47 Å². The highest BCUT2D eigenvalue weighted by atomic mass is 16.5. The van der Waals surface area contributed by atoms with E-state index in [0.29, 0.717) is 12.2 Å². The van der Waals surface area contributed by atoms with Crippen molar-refractivity contribution < 1.29 is 14.3 Å². The number of hydrogen-bond donors (Lipinski definition) is 0. The fraction of sp³-hybridized carbons (Fsp3) is 0.300. The molecule has 0 bridgehead atoms. The third kappa shape index (κ3) is 3.22. The zero-order valence-electron chi connectivity index (χ0n) is 14.9. The van der Waals surface area contributed by atoms with Crippen LogP contribution in [0.15, 0.2) is 47.6 Å². The molecule has 130 valence electrons. The Labute approximate surface area is 147 Å². The SMILES string of the molecule is COc1ccc(C2=NN(C(C)=O)C(c3ccccc3C)C2)c(OC)c1. The topological polar surface area (TPSA) is 51.1 Å². The molecule has 0 fully saturated rings. The second-order valence-corrected chi connectivity index (χ2v) is 6.05. The first-order chi connectivity index (χ1) is 12.0. The lowest BCUT2D eigenvalue weighted by Gasteiger charge is -2.22. The van der Waals surface area contributed by atoms with Gasteiger partial charge in [0.25, 0.3) is 0 Å². The summed E-state index contributed by atoms with van der Waals surface area (Å²) in [4.78, 5) is 12.1. The molecule has 0 saturated carbocycles. The molecule has 1 aliphatic rings. The lowest BCUT2D eigenvalue weighted by molar-refractivity contribution is -0.130. The van der Waals surface area contributed by atoms with Crippen LogP contribution in [0.5, 0.6) is 11.5 Å². The maximum atomic E-state index is 12.1. The van der Waals surface area contributed by atoms with Gasteiger partial charge in [0.2, 0.25) is 5.91 Å². The van der Waals surface area contributed by atoms with Gasteiger partial charge in [-0.05, 0) is 30.2 Å². The number of amides is 1. The number of carbonyl (C=O) groups excluding carboxylic acids is 1. The maximum Gasteiger partial charge on any atom is 0.240 e. The van der Waals surface area contributed by atoms with E-state index in [1.54, 1.807) is 26.2 Å². The summed E-state index contributed by atoms with van der Waals surface area (Å²) in [6.07, 6.45) is 0.646. The number of carbonyl (C=O) groups is 1. The summed E-state index contributed by atoms with van der Waals surface area (Å²) in [7, 11) is 3.24. The van der Waals surface area contributed by atoms with Crippen molar-refractivity contribution in [3.63, 3.8) is 0 Å². The summed E-state index contributed by atoms with van der Waals surface area (Å²) in [6, 6.07) is 13.6. The fourth-order valence-corrected chi connectivity index (χ4v) is 3.20. The van der Waals surface area contributed by atoms with E-state index in [1.807, 2.05) is 30.3 Å². The number of nitrogens with zero attached hydrogens (tertiary/aromatic N) is 2. The van der Waals surface area contributed by atoms with Crippen LogP contribution in [0.1, 0.15) is 36.1 Å². The van der Waals surface area contributed by atoms with Gasteiger partial charge in [-0.3, -0.25) is 4.79 Å². The predicted octanol–water partition coefficient (Wildman–Crippen LogP) is 3.71. The van der Waals surface area contributed by atoms with Crippen molar-refractivity contribution in [2.75, 3.05) is 14.2 Å². The molecule has 0 radical (unpaired) electrons. The number of rotatable bonds is 4. The third-order valence-electron chi connectivity index (χ3n) is 4.50.